The monoisotopic (exact) mass is 272 g/mol. The lowest BCUT2D eigenvalue weighted by atomic mass is 10.6. The number of nitrogens with zero attached hydrogens (tertiary/aromatic N) is 8. The van der Waals surface area contributed by atoms with Gasteiger partial charge in [0.15, 0.2) is 5.82 Å². The molecule has 0 saturated carbocycles. The van der Waals surface area contributed by atoms with Crippen LogP contribution < -0.4 is 11.1 Å². The van der Waals surface area contributed by atoms with Crippen LogP contribution in [0, 0.1) is 0 Å². The van der Waals surface area contributed by atoms with E-state index in [1.807, 2.05) is 0 Å². The summed E-state index contributed by atoms with van der Waals surface area (Å²) in [6.45, 7) is 0.396. The van der Waals surface area contributed by atoms with Crippen LogP contribution in [-0.4, -0.2) is 39.3 Å². The van der Waals surface area contributed by atoms with Crippen LogP contribution in [0.25, 0.3) is 5.95 Å². The van der Waals surface area contributed by atoms with Gasteiger partial charge in [0.05, 0.1) is 6.54 Å². The third-order valence-electron chi connectivity index (χ3n) is 2.43. The Kier molecular flexibility index (Phi) is 2.95. The highest BCUT2D eigenvalue weighted by Gasteiger charge is 2.07. The van der Waals surface area contributed by atoms with Gasteiger partial charge >= 0.3 is 0 Å². The van der Waals surface area contributed by atoms with Crippen molar-refractivity contribution in [2.24, 2.45) is 7.05 Å². The molecule has 0 atom stereocenters. The van der Waals surface area contributed by atoms with Gasteiger partial charge in [-0.25, -0.2) is 9.97 Å². The number of aromatic nitrogens is 8. The van der Waals surface area contributed by atoms with Crippen molar-refractivity contribution in [3.8, 4) is 5.95 Å². The molecule has 0 fully saturated rings. The molecule has 3 aromatic heterocycles. The van der Waals surface area contributed by atoms with Crippen molar-refractivity contribution in [2.45, 2.75) is 6.54 Å². The summed E-state index contributed by atoms with van der Waals surface area (Å²) in [7, 11) is 1.80. The standard InChI is InChI=1S/C10H12N10/c1-19-6-14-7(18-19)4-13-9-15-8(11)16-10(17-9)20-3-2-12-5-20/h2-3,5-6H,4H2,1H3,(H3,11,13,15,16,17). The second-order valence-electron chi connectivity index (χ2n) is 3.98. The summed E-state index contributed by atoms with van der Waals surface area (Å²) in [5.74, 6) is 1.51. The highest BCUT2D eigenvalue weighted by atomic mass is 15.3. The molecular weight excluding hydrogens is 260 g/mol. The van der Waals surface area contributed by atoms with E-state index in [1.165, 1.54) is 0 Å². The largest absolute Gasteiger partial charge is 0.368 e. The van der Waals surface area contributed by atoms with Crippen LogP contribution in [0.5, 0.6) is 0 Å². The number of nitrogen functional groups attached to an aromatic ring is 1. The SMILES string of the molecule is Cn1cnc(CNc2nc(N)nc(-n3ccnc3)n2)n1. The summed E-state index contributed by atoms with van der Waals surface area (Å²) in [5.41, 5.74) is 5.67. The van der Waals surface area contributed by atoms with Crippen molar-refractivity contribution < 1.29 is 0 Å². The van der Waals surface area contributed by atoms with Crippen LogP contribution >= 0.6 is 0 Å². The number of imidazole rings is 1. The average molecular weight is 272 g/mol. The van der Waals surface area contributed by atoms with Gasteiger partial charge in [-0.15, -0.1) is 0 Å². The number of hydrogen-bond donors (Lipinski definition) is 2. The first-order valence-corrected chi connectivity index (χ1v) is 5.79. The Hall–Kier alpha value is -3.04. The van der Waals surface area contributed by atoms with Gasteiger partial charge in [0.1, 0.15) is 12.7 Å². The molecule has 0 bridgehead atoms. The third kappa shape index (κ3) is 2.53. The number of hydrogen-bond acceptors (Lipinski definition) is 8. The van der Waals surface area contributed by atoms with E-state index in [2.05, 4.69) is 35.3 Å². The number of anilines is 2. The molecular formula is C10H12N10. The Morgan fingerprint density at radius 2 is 2.15 bits per heavy atom. The van der Waals surface area contributed by atoms with Gasteiger partial charge in [-0.05, 0) is 0 Å². The Morgan fingerprint density at radius 3 is 2.85 bits per heavy atom. The highest BCUT2D eigenvalue weighted by Crippen LogP contribution is 2.07. The zero-order valence-electron chi connectivity index (χ0n) is 10.7. The van der Waals surface area contributed by atoms with E-state index >= 15 is 0 Å². The zero-order chi connectivity index (χ0) is 13.9. The summed E-state index contributed by atoms with van der Waals surface area (Å²) in [6, 6.07) is 0. The fourth-order valence-corrected chi connectivity index (χ4v) is 1.58. The van der Waals surface area contributed by atoms with Crippen LogP contribution in [0.15, 0.2) is 25.0 Å². The second-order valence-corrected chi connectivity index (χ2v) is 3.98. The number of rotatable bonds is 4. The summed E-state index contributed by atoms with van der Waals surface area (Å²) >= 11 is 0. The predicted octanol–water partition coefficient (Wildman–Crippen LogP) is -0.620. The van der Waals surface area contributed by atoms with E-state index in [1.54, 1.807) is 41.3 Å². The summed E-state index contributed by atoms with van der Waals surface area (Å²) in [5, 5.41) is 7.15. The molecule has 3 aromatic rings. The van der Waals surface area contributed by atoms with Gasteiger partial charge in [0.25, 0.3) is 0 Å². The Balaban J connectivity index is 1.79. The molecule has 3 N–H and O–H groups in total. The fourth-order valence-electron chi connectivity index (χ4n) is 1.58. The molecule has 102 valence electrons. The van der Waals surface area contributed by atoms with E-state index < -0.39 is 0 Å². The topological polar surface area (TPSA) is 125 Å². The van der Waals surface area contributed by atoms with Gasteiger partial charge in [0.2, 0.25) is 17.8 Å². The highest BCUT2D eigenvalue weighted by molar-refractivity contribution is 5.35. The van der Waals surface area contributed by atoms with Crippen LogP contribution in [0.4, 0.5) is 11.9 Å². The molecule has 3 heterocycles. The smallest absolute Gasteiger partial charge is 0.241 e. The van der Waals surface area contributed by atoms with Gasteiger partial charge in [-0.1, -0.05) is 0 Å². The maximum Gasteiger partial charge on any atom is 0.241 e. The van der Waals surface area contributed by atoms with E-state index in [0.29, 0.717) is 24.3 Å². The van der Waals surface area contributed by atoms with Gasteiger partial charge in [-0.3, -0.25) is 9.25 Å². The van der Waals surface area contributed by atoms with Crippen molar-refractivity contribution >= 4 is 11.9 Å². The summed E-state index contributed by atoms with van der Waals surface area (Å²) in [6.07, 6.45) is 6.55. The van der Waals surface area contributed by atoms with Crippen molar-refractivity contribution in [3.63, 3.8) is 0 Å². The number of nitrogens with one attached hydrogen (secondary N) is 1. The molecule has 0 aliphatic heterocycles. The molecule has 0 unspecified atom stereocenters. The predicted molar refractivity (Wildman–Crippen MR) is 69.7 cm³/mol. The average Bonchev–Trinajstić information content (AvgIpc) is 3.07. The maximum absolute atomic E-state index is 5.67. The number of aryl methyl sites for hydroxylation is 1. The molecule has 3 rings (SSSR count). The molecule has 20 heavy (non-hydrogen) atoms. The molecule has 0 aliphatic carbocycles. The molecule has 0 spiro atoms. The van der Waals surface area contributed by atoms with Crippen LogP contribution in [0.1, 0.15) is 5.82 Å². The van der Waals surface area contributed by atoms with Gasteiger partial charge in [-0.2, -0.15) is 20.1 Å². The molecule has 0 radical (unpaired) electrons. The van der Waals surface area contributed by atoms with Crippen LogP contribution in [-0.2, 0) is 13.6 Å². The lowest BCUT2D eigenvalue weighted by Crippen LogP contribution is -2.11. The number of nitrogens with two attached hydrogens (primary N) is 1. The van der Waals surface area contributed by atoms with Crippen molar-refractivity contribution in [2.75, 3.05) is 11.1 Å². The van der Waals surface area contributed by atoms with Gasteiger partial charge < -0.3 is 11.1 Å². The summed E-state index contributed by atoms with van der Waals surface area (Å²) in [4.78, 5) is 20.3. The van der Waals surface area contributed by atoms with E-state index in [-0.39, 0.29) is 5.95 Å². The first kappa shape index (κ1) is 12.0. The van der Waals surface area contributed by atoms with E-state index in [0.717, 1.165) is 0 Å². The lowest BCUT2D eigenvalue weighted by molar-refractivity contribution is 0.746. The van der Waals surface area contributed by atoms with Crippen molar-refractivity contribution in [1.29, 1.82) is 0 Å². The minimum absolute atomic E-state index is 0.125. The van der Waals surface area contributed by atoms with Crippen LogP contribution in [0.3, 0.4) is 0 Å². The fraction of sp³-hybridized carbons (Fsp3) is 0.200. The van der Waals surface area contributed by atoms with E-state index in [9.17, 15) is 0 Å². The zero-order valence-corrected chi connectivity index (χ0v) is 10.7. The Bertz CT molecular complexity index is 701. The summed E-state index contributed by atoms with van der Waals surface area (Å²) < 4.78 is 3.26. The van der Waals surface area contributed by atoms with E-state index in [4.69, 9.17) is 5.73 Å². The Morgan fingerprint density at radius 1 is 1.25 bits per heavy atom. The third-order valence-corrected chi connectivity index (χ3v) is 2.43. The van der Waals surface area contributed by atoms with Crippen molar-refractivity contribution in [3.05, 3.63) is 30.9 Å². The molecule has 0 aromatic carbocycles. The quantitative estimate of drug-likeness (QED) is 0.643. The first-order chi connectivity index (χ1) is 9.70. The van der Waals surface area contributed by atoms with Gasteiger partial charge in [0, 0.05) is 19.4 Å². The molecule has 0 amide bonds. The van der Waals surface area contributed by atoms with Crippen molar-refractivity contribution in [1.82, 2.24) is 39.3 Å². The first-order valence-electron chi connectivity index (χ1n) is 5.79. The molecule has 10 nitrogen and oxygen atoms in total. The maximum atomic E-state index is 5.67. The normalized spacial score (nSPS) is 10.7. The minimum Gasteiger partial charge on any atom is -0.368 e. The second kappa shape index (κ2) is 4.91. The molecule has 10 heteroatoms. The molecule has 0 aliphatic rings. The minimum atomic E-state index is 0.125. The molecule has 0 saturated heterocycles. The Labute approximate surface area is 113 Å². The van der Waals surface area contributed by atoms with Crippen LogP contribution in [0.2, 0.25) is 0 Å². The lowest BCUT2D eigenvalue weighted by Gasteiger charge is -2.05.